The van der Waals surface area contributed by atoms with Crippen molar-refractivity contribution < 1.29 is 18.0 Å². The molecule has 9 heteroatoms. The van der Waals surface area contributed by atoms with Crippen LogP contribution in [0, 0.1) is 0 Å². The minimum absolute atomic E-state index is 0. The van der Waals surface area contributed by atoms with Gasteiger partial charge in [0, 0.05) is 18.2 Å². The van der Waals surface area contributed by atoms with E-state index in [4.69, 9.17) is 11.5 Å². The fourth-order valence-corrected chi connectivity index (χ4v) is 1.64. The predicted octanol–water partition coefficient (Wildman–Crippen LogP) is 2.34. The Labute approximate surface area is 139 Å². The van der Waals surface area contributed by atoms with Gasteiger partial charge in [0.05, 0.1) is 5.56 Å². The Morgan fingerprint density at radius 1 is 1.27 bits per heavy atom. The summed E-state index contributed by atoms with van der Waals surface area (Å²) in [5.41, 5.74) is 10.2. The number of carbonyl (C=O) groups is 1. The maximum absolute atomic E-state index is 12.5. The number of nitrogens with one attached hydrogen (secondary N) is 1. The first kappa shape index (κ1) is 23.2. The number of amides is 1. The lowest BCUT2D eigenvalue weighted by Crippen LogP contribution is -2.37. The third kappa shape index (κ3) is 7.84. The molecular formula is C13H20Cl2F3N3O. The van der Waals surface area contributed by atoms with E-state index in [1.54, 1.807) is 0 Å². The molecule has 4 nitrogen and oxygen atoms in total. The first-order valence-electron chi connectivity index (χ1n) is 6.25. The Bertz CT molecular complexity index is 458. The fourth-order valence-electron chi connectivity index (χ4n) is 1.64. The number of benzene rings is 1. The molecular weight excluding hydrogens is 342 g/mol. The van der Waals surface area contributed by atoms with Crippen LogP contribution < -0.4 is 16.8 Å². The summed E-state index contributed by atoms with van der Waals surface area (Å²) >= 11 is 0. The van der Waals surface area contributed by atoms with Crippen LogP contribution in [0.4, 0.5) is 13.2 Å². The van der Waals surface area contributed by atoms with Crippen LogP contribution in [-0.4, -0.2) is 25.0 Å². The second-order valence-corrected chi connectivity index (χ2v) is 4.48. The molecule has 22 heavy (non-hydrogen) atoms. The van der Waals surface area contributed by atoms with Crippen LogP contribution in [0.1, 0.15) is 28.8 Å². The topological polar surface area (TPSA) is 81.1 Å². The SMILES string of the molecule is Cl.Cl.NCCC[C@H](N)CNC(=O)c1cccc(C(F)(F)F)c1. The van der Waals surface area contributed by atoms with E-state index in [1.165, 1.54) is 12.1 Å². The average Bonchev–Trinajstić information content (AvgIpc) is 2.41. The monoisotopic (exact) mass is 361 g/mol. The van der Waals surface area contributed by atoms with E-state index in [9.17, 15) is 18.0 Å². The van der Waals surface area contributed by atoms with Gasteiger partial charge < -0.3 is 16.8 Å². The molecule has 0 aromatic heterocycles. The number of rotatable bonds is 6. The van der Waals surface area contributed by atoms with Gasteiger partial charge in [-0.25, -0.2) is 0 Å². The van der Waals surface area contributed by atoms with Crippen LogP contribution in [-0.2, 0) is 6.18 Å². The molecule has 1 atom stereocenters. The molecule has 1 amide bonds. The second kappa shape index (κ2) is 10.7. The number of nitrogens with two attached hydrogens (primary N) is 2. The van der Waals surface area contributed by atoms with Gasteiger partial charge in [0.1, 0.15) is 0 Å². The Morgan fingerprint density at radius 3 is 2.45 bits per heavy atom. The number of halogens is 5. The molecule has 128 valence electrons. The van der Waals surface area contributed by atoms with Crippen molar-refractivity contribution >= 4 is 30.7 Å². The molecule has 1 aromatic carbocycles. The quantitative estimate of drug-likeness (QED) is 0.727. The summed E-state index contributed by atoms with van der Waals surface area (Å²) in [7, 11) is 0. The molecule has 0 saturated carbocycles. The first-order valence-corrected chi connectivity index (χ1v) is 6.25. The van der Waals surface area contributed by atoms with E-state index in [1.807, 2.05) is 0 Å². The van der Waals surface area contributed by atoms with Crippen LogP contribution in [0.25, 0.3) is 0 Å². The van der Waals surface area contributed by atoms with Gasteiger partial charge in [0.25, 0.3) is 5.91 Å². The van der Waals surface area contributed by atoms with Gasteiger partial charge in [-0.1, -0.05) is 6.07 Å². The number of carbonyl (C=O) groups excluding carboxylic acids is 1. The Hall–Kier alpha value is -1.02. The molecule has 0 aliphatic carbocycles. The van der Waals surface area contributed by atoms with Crippen molar-refractivity contribution in [3.8, 4) is 0 Å². The average molecular weight is 362 g/mol. The van der Waals surface area contributed by atoms with E-state index in [0.717, 1.165) is 18.6 Å². The molecule has 0 spiro atoms. The molecule has 0 aliphatic heterocycles. The zero-order valence-corrected chi connectivity index (χ0v) is 13.4. The van der Waals surface area contributed by atoms with Crippen molar-refractivity contribution in [2.75, 3.05) is 13.1 Å². The van der Waals surface area contributed by atoms with Gasteiger partial charge in [0.15, 0.2) is 0 Å². The maximum Gasteiger partial charge on any atom is 0.416 e. The van der Waals surface area contributed by atoms with E-state index < -0.39 is 17.6 Å². The lowest BCUT2D eigenvalue weighted by Gasteiger charge is -2.13. The molecule has 1 rings (SSSR count). The normalized spacial score (nSPS) is 11.9. The van der Waals surface area contributed by atoms with Crippen LogP contribution in [0.15, 0.2) is 24.3 Å². The maximum atomic E-state index is 12.5. The Kier molecular flexibility index (Phi) is 11.3. The van der Waals surface area contributed by atoms with Crippen LogP contribution >= 0.6 is 24.8 Å². The van der Waals surface area contributed by atoms with E-state index in [-0.39, 0.29) is 43.0 Å². The number of hydrogen-bond acceptors (Lipinski definition) is 3. The standard InChI is InChI=1S/C13H18F3N3O.2ClH/c14-13(15,16)10-4-1-3-9(7-10)12(20)19-8-11(18)5-2-6-17;;/h1,3-4,7,11H,2,5-6,8,17-18H2,(H,19,20);2*1H/t11-;;/m0../s1. The van der Waals surface area contributed by atoms with Crippen molar-refractivity contribution in [1.82, 2.24) is 5.32 Å². The van der Waals surface area contributed by atoms with Crippen LogP contribution in [0.2, 0.25) is 0 Å². The molecule has 0 aliphatic rings. The third-order valence-electron chi connectivity index (χ3n) is 2.76. The molecule has 1 aromatic rings. The van der Waals surface area contributed by atoms with Gasteiger partial charge in [-0.2, -0.15) is 13.2 Å². The van der Waals surface area contributed by atoms with Gasteiger partial charge in [0.2, 0.25) is 0 Å². The van der Waals surface area contributed by atoms with Crippen LogP contribution in [0.5, 0.6) is 0 Å². The van der Waals surface area contributed by atoms with Gasteiger partial charge in [-0.3, -0.25) is 4.79 Å². The second-order valence-electron chi connectivity index (χ2n) is 4.48. The summed E-state index contributed by atoms with van der Waals surface area (Å²) in [6, 6.07) is 4.01. The lowest BCUT2D eigenvalue weighted by atomic mass is 10.1. The van der Waals surface area contributed by atoms with E-state index >= 15 is 0 Å². The Balaban J connectivity index is 0. The van der Waals surface area contributed by atoms with Crippen molar-refractivity contribution in [2.45, 2.75) is 25.1 Å². The third-order valence-corrected chi connectivity index (χ3v) is 2.76. The van der Waals surface area contributed by atoms with Crippen molar-refractivity contribution in [3.05, 3.63) is 35.4 Å². The molecule has 0 saturated heterocycles. The molecule has 0 fully saturated rings. The molecule has 0 radical (unpaired) electrons. The summed E-state index contributed by atoms with van der Waals surface area (Å²) in [5.74, 6) is -0.570. The summed E-state index contributed by atoms with van der Waals surface area (Å²) in [4.78, 5) is 11.7. The summed E-state index contributed by atoms with van der Waals surface area (Å²) in [6.45, 7) is 0.713. The smallest absolute Gasteiger partial charge is 0.350 e. The highest BCUT2D eigenvalue weighted by molar-refractivity contribution is 5.94. The summed E-state index contributed by atoms with van der Waals surface area (Å²) in [5, 5.41) is 2.51. The highest BCUT2D eigenvalue weighted by Crippen LogP contribution is 2.29. The fraction of sp³-hybridized carbons (Fsp3) is 0.462. The minimum atomic E-state index is -4.46. The zero-order valence-electron chi connectivity index (χ0n) is 11.7. The molecule has 0 unspecified atom stereocenters. The van der Waals surface area contributed by atoms with Gasteiger partial charge >= 0.3 is 6.18 Å². The largest absolute Gasteiger partial charge is 0.416 e. The zero-order chi connectivity index (χ0) is 15.2. The van der Waals surface area contributed by atoms with Crippen molar-refractivity contribution in [1.29, 1.82) is 0 Å². The molecule has 0 bridgehead atoms. The lowest BCUT2D eigenvalue weighted by molar-refractivity contribution is -0.137. The molecule has 5 N–H and O–H groups in total. The minimum Gasteiger partial charge on any atom is -0.350 e. The van der Waals surface area contributed by atoms with Gasteiger partial charge in [-0.05, 0) is 37.6 Å². The Morgan fingerprint density at radius 2 is 1.91 bits per heavy atom. The number of hydrogen-bond donors (Lipinski definition) is 3. The van der Waals surface area contributed by atoms with E-state index in [0.29, 0.717) is 13.0 Å². The summed E-state index contributed by atoms with van der Waals surface area (Å²) < 4.78 is 37.6. The predicted molar refractivity (Wildman–Crippen MR) is 84.5 cm³/mol. The highest BCUT2D eigenvalue weighted by Gasteiger charge is 2.30. The summed E-state index contributed by atoms with van der Waals surface area (Å²) in [6.07, 6.45) is -3.08. The van der Waals surface area contributed by atoms with Crippen LogP contribution in [0.3, 0.4) is 0 Å². The highest BCUT2D eigenvalue weighted by atomic mass is 35.5. The first-order chi connectivity index (χ1) is 9.34. The van der Waals surface area contributed by atoms with E-state index in [2.05, 4.69) is 5.32 Å². The van der Waals surface area contributed by atoms with Crippen molar-refractivity contribution in [3.63, 3.8) is 0 Å². The molecule has 0 heterocycles. The van der Waals surface area contributed by atoms with Gasteiger partial charge in [-0.15, -0.1) is 24.8 Å². The van der Waals surface area contributed by atoms with Crippen molar-refractivity contribution in [2.24, 2.45) is 11.5 Å². The number of alkyl halides is 3.